The fourth-order valence-corrected chi connectivity index (χ4v) is 4.69. The van der Waals surface area contributed by atoms with Crippen LogP contribution in [0.2, 0.25) is 5.02 Å². The summed E-state index contributed by atoms with van der Waals surface area (Å²) in [5.41, 5.74) is 4.00. The zero-order chi connectivity index (χ0) is 22.2. The average Bonchev–Trinajstić information content (AvgIpc) is 2.97. The number of carbonyl (C=O) groups is 3. The second-order valence-corrected chi connectivity index (χ2v) is 8.46. The van der Waals surface area contributed by atoms with E-state index in [0.29, 0.717) is 59.9 Å². The van der Waals surface area contributed by atoms with E-state index in [4.69, 9.17) is 11.6 Å². The summed E-state index contributed by atoms with van der Waals surface area (Å²) in [5, 5.41) is 0.429. The zero-order valence-corrected chi connectivity index (χ0v) is 18.1. The van der Waals surface area contributed by atoms with Gasteiger partial charge >= 0.3 is 0 Å². The summed E-state index contributed by atoms with van der Waals surface area (Å²) >= 11 is 6.19. The SMILES string of the molecule is O=C1c2ccccc2-c2ccc(C(=O)N3CCCN(C(=O)c4ccccc4Cl)CC3)cc21. The summed E-state index contributed by atoms with van der Waals surface area (Å²) in [4.78, 5) is 42.4. The molecule has 0 spiro atoms. The predicted octanol–water partition coefficient (Wildman–Crippen LogP) is 4.54. The molecular formula is C26H21ClN2O3. The van der Waals surface area contributed by atoms with Crippen molar-refractivity contribution in [3.8, 4) is 11.1 Å². The highest BCUT2D eigenvalue weighted by molar-refractivity contribution is 6.33. The van der Waals surface area contributed by atoms with Crippen LogP contribution in [0.1, 0.15) is 43.1 Å². The van der Waals surface area contributed by atoms with Crippen molar-refractivity contribution in [3.05, 3.63) is 94.0 Å². The van der Waals surface area contributed by atoms with Crippen LogP contribution in [0.15, 0.2) is 66.7 Å². The smallest absolute Gasteiger partial charge is 0.255 e. The molecule has 1 saturated heterocycles. The molecule has 0 unspecified atom stereocenters. The van der Waals surface area contributed by atoms with Gasteiger partial charge in [0.05, 0.1) is 10.6 Å². The van der Waals surface area contributed by atoms with Crippen LogP contribution >= 0.6 is 11.6 Å². The largest absolute Gasteiger partial charge is 0.337 e. The lowest BCUT2D eigenvalue weighted by Gasteiger charge is -2.23. The Morgan fingerprint density at radius 1 is 0.688 bits per heavy atom. The van der Waals surface area contributed by atoms with Gasteiger partial charge in [-0.05, 0) is 41.8 Å². The third kappa shape index (κ3) is 3.49. The number of halogens is 1. The minimum atomic E-state index is -0.122. The van der Waals surface area contributed by atoms with Crippen LogP contribution in [0.4, 0.5) is 0 Å². The summed E-state index contributed by atoms with van der Waals surface area (Å²) < 4.78 is 0. The van der Waals surface area contributed by atoms with Crippen molar-refractivity contribution in [1.82, 2.24) is 9.80 Å². The number of benzene rings is 3. The van der Waals surface area contributed by atoms with E-state index in [1.165, 1.54) is 0 Å². The molecule has 2 amide bonds. The standard InChI is InChI=1S/C26H21ClN2O3/c27-23-9-4-3-8-21(23)26(32)29-13-5-12-28(14-15-29)25(31)17-10-11-19-18-6-1-2-7-20(18)24(30)22(19)16-17/h1-4,6-11,16H,5,12-15H2. The van der Waals surface area contributed by atoms with Gasteiger partial charge in [-0.1, -0.05) is 54.1 Å². The van der Waals surface area contributed by atoms with Gasteiger partial charge in [0, 0.05) is 42.9 Å². The van der Waals surface area contributed by atoms with Crippen LogP contribution < -0.4 is 0 Å². The fourth-order valence-electron chi connectivity index (χ4n) is 4.47. The molecule has 0 N–H and O–H groups in total. The highest BCUT2D eigenvalue weighted by Gasteiger charge is 2.29. The van der Waals surface area contributed by atoms with Crippen molar-refractivity contribution in [2.45, 2.75) is 6.42 Å². The van der Waals surface area contributed by atoms with Crippen molar-refractivity contribution >= 4 is 29.2 Å². The van der Waals surface area contributed by atoms with Gasteiger partial charge in [0.25, 0.3) is 11.8 Å². The molecule has 1 fully saturated rings. The van der Waals surface area contributed by atoms with Gasteiger partial charge in [0.2, 0.25) is 0 Å². The lowest BCUT2D eigenvalue weighted by molar-refractivity contribution is 0.0718. The highest BCUT2D eigenvalue weighted by Crippen LogP contribution is 2.36. The molecule has 0 atom stereocenters. The average molecular weight is 445 g/mol. The molecular weight excluding hydrogens is 424 g/mol. The first-order valence-electron chi connectivity index (χ1n) is 10.7. The summed E-state index contributed by atoms with van der Waals surface area (Å²) in [5.74, 6) is -0.285. The van der Waals surface area contributed by atoms with Gasteiger partial charge in [-0.3, -0.25) is 14.4 Å². The van der Waals surface area contributed by atoms with E-state index in [-0.39, 0.29) is 17.6 Å². The van der Waals surface area contributed by atoms with E-state index in [2.05, 4.69) is 0 Å². The van der Waals surface area contributed by atoms with E-state index in [0.717, 1.165) is 11.1 Å². The third-order valence-electron chi connectivity index (χ3n) is 6.15. The van der Waals surface area contributed by atoms with Crippen LogP contribution in [-0.4, -0.2) is 53.6 Å². The highest BCUT2D eigenvalue weighted by atomic mass is 35.5. The molecule has 2 aliphatic rings. The first-order chi connectivity index (χ1) is 15.5. The van der Waals surface area contributed by atoms with E-state index in [1.807, 2.05) is 30.3 Å². The lowest BCUT2D eigenvalue weighted by atomic mass is 10.0. The van der Waals surface area contributed by atoms with Crippen LogP contribution in [0, 0.1) is 0 Å². The summed E-state index contributed by atoms with van der Waals surface area (Å²) in [6.45, 7) is 1.98. The van der Waals surface area contributed by atoms with Crippen LogP contribution in [-0.2, 0) is 0 Å². The first kappa shape index (κ1) is 20.5. The molecule has 1 aliphatic carbocycles. The third-order valence-corrected chi connectivity index (χ3v) is 6.48. The monoisotopic (exact) mass is 444 g/mol. The van der Waals surface area contributed by atoms with Crippen molar-refractivity contribution in [1.29, 1.82) is 0 Å². The normalized spacial score (nSPS) is 15.2. The Morgan fingerprint density at radius 3 is 2.06 bits per heavy atom. The van der Waals surface area contributed by atoms with Crippen molar-refractivity contribution < 1.29 is 14.4 Å². The van der Waals surface area contributed by atoms with Gasteiger partial charge in [0.15, 0.2) is 5.78 Å². The van der Waals surface area contributed by atoms with Crippen LogP contribution in [0.3, 0.4) is 0 Å². The molecule has 1 heterocycles. The summed E-state index contributed by atoms with van der Waals surface area (Å²) in [6.07, 6.45) is 0.678. The predicted molar refractivity (Wildman–Crippen MR) is 123 cm³/mol. The molecule has 1 aliphatic heterocycles. The maximum atomic E-state index is 13.2. The van der Waals surface area contributed by atoms with Crippen molar-refractivity contribution in [3.63, 3.8) is 0 Å². The Balaban J connectivity index is 1.33. The Labute approximate surface area is 191 Å². The number of fused-ring (bicyclic) bond motifs is 3. The minimum Gasteiger partial charge on any atom is -0.337 e. The number of carbonyl (C=O) groups excluding carboxylic acids is 3. The molecule has 5 nitrogen and oxygen atoms in total. The molecule has 3 aromatic carbocycles. The Hall–Kier alpha value is -3.44. The topological polar surface area (TPSA) is 57.7 Å². The van der Waals surface area contributed by atoms with E-state index in [9.17, 15) is 14.4 Å². The number of amides is 2. The summed E-state index contributed by atoms with van der Waals surface area (Å²) in [7, 11) is 0. The van der Waals surface area contributed by atoms with Crippen LogP contribution in [0.5, 0.6) is 0 Å². The van der Waals surface area contributed by atoms with E-state index in [1.54, 1.807) is 46.2 Å². The molecule has 0 bridgehead atoms. The maximum Gasteiger partial charge on any atom is 0.255 e. The maximum absolute atomic E-state index is 13.2. The summed E-state index contributed by atoms with van der Waals surface area (Å²) in [6, 6.07) is 19.9. The molecule has 32 heavy (non-hydrogen) atoms. The van der Waals surface area contributed by atoms with Gasteiger partial charge in [-0.25, -0.2) is 0 Å². The van der Waals surface area contributed by atoms with E-state index < -0.39 is 0 Å². The van der Waals surface area contributed by atoms with Gasteiger partial charge in [-0.15, -0.1) is 0 Å². The molecule has 0 radical (unpaired) electrons. The molecule has 6 heteroatoms. The zero-order valence-electron chi connectivity index (χ0n) is 17.4. The second kappa shape index (κ2) is 8.24. The Kier molecular flexibility index (Phi) is 5.27. The number of hydrogen-bond donors (Lipinski definition) is 0. The van der Waals surface area contributed by atoms with E-state index >= 15 is 0 Å². The number of nitrogens with zero attached hydrogens (tertiary/aromatic N) is 2. The van der Waals surface area contributed by atoms with Gasteiger partial charge in [0.1, 0.15) is 0 Å². The molecule has 5 rings (SSSR count). The quantitative estimate of drug-likeness (QED) is 0.456. The number of ketones is 1. The molecule has 0 aromatic heterocycles. The van der Waals surface area contributed by atoms with Gasteiger partial charge < -0.3 is 9.80 Å². The Bertz CT molecular complexity index is 1250. The van der Waals surface area contributed by atoms with Crippen molar-refractivity contribution in [2.24, 2.45) is 0 Å². The van der Waals surface area contributed by atoms with Gasteiger partial charge in [-0.2, -0.15) is 0 Å². The molecule has 160 valence electrons. The van der Waals surface area contributed by atoms with Crippen LogP contribution in [0.25, 0.3) is 11.1 Å². The lowest BCUT2D eigenvalue weighted by Crippen LogP contribution is -2.37. The second-order valence-electron chi connectivity index (χ2n) is 8.05. The molecule has 3 aromatic rings. The number of rotatable bonds is 2. The van der Waals surface area contributed by atoms with Crippen molar-refractivity contribution in [2.75, 3.05) is 26.2 Å². The first-order valence-corrected chi connectivity index (χ1v) is 11.0. The molecule has 0 saturated carbocycles. The number of hydrogen-bond acceptors (Lipinski definition) is 3. The Morgan fingerprint density at radius 2 is 1.31 bits per heavy atom. The minimum absolute atomic E-state index is 0.0439. The fraction of sp³-hybridized carbons (Fsp3) is 0.192.